The molecule has 1 N–H and O–H groups in total. The van der Waals surface area contributed by atoms with Gasteiger partial charge in [0.05, 0.1) is 0 Å². The van der Waals surface area contributed by atoms with Gasteiger partial charge in [-0.05, 0) is 54.5 Å². The zero-order valence-corrected chi connectivity index (χ0v) is 10.5. The quantitative estimate of drug-likeness (QED) is 0.806. The van der Waals surface area contributed by atoms with Crippen molar-refractivity contribution in [2.45, 2.75) is 25.3 Å². The van der Waals surface area contributed by atoms with E-state index in [1.54, 1.807) is 0 Å². The second-order valence-corrected chi connectivity index (χ2v) is 5.50. The molecule has 0 saturated carbocycles. The first kappa shape index (κ1) is 10.4. The summed E-state index contributed by atoms with van der Waals surface area (Å²) in [6.45, 7) is 2.44. The SMILES string of the molecule is C1=C(c2ccc3cc[nH]c3c2)C[C@@H]2CCCN2C1. The standard InChI is InChI=1S/C16H18N2/c1-2-15-10-14(6-9-18(15)8-1)13-4-3-12-5-7-17-16(12)11-13/h3-7,11,15,17H,1-2,8-10H2/t15-/m0/s1. The number of benzene rings is 1. The van der Waals surface area contributed by atoms with Gasteiger partial charge in [0.25, 0.3) is 0 Å². The smallest absolute Gasteiger partial charge is 0.0460 e. The number of nitrogens with one attached hydrogen (secondary N) is 1. The maximum absolute atomic E-state index is 3.31. The molecule has 1 aromatic heterocycles. The molecule has 2 heteroatoms. The van der Waals surface area contributed by atoms with Crippen molar-refractivity contribution in [2.24, 2.45) is 0 Å². The van der Waals surface area contributed by atoms with Gasteiger partial charge in [0, 0.05) is 24.3 Å². The number of aromatic amines is 1. The molecule has 3 heterocycles. The molecule has 0 bridgehead atoms. The van der Waals surface area contributed by atoms with Gasteiger partial charge in [0.15, 0.2) is 0 Å². The third-order valence-corrected chi connectivity index (χ3v) is 4.45. The van der Waals surface area contributed by atoms with Crippen LogP contribution in [0.3, 0.4) is 0 Å². The zero-order valence-electron chi connectivity index (χ0n) is 10.5. The average Bonchev–Trinajstić information content (AvgIpc) is 3.05. The van der Waals surface area contributed by atoms with E-state index in [4.69, 9.17) is 0 Å². The summed E-state index contributed by atoms with van der Waals surface area (Å²) < 4.78 is 0. The fraction of sp³-hybridized carbons (Fsp3) is 0.375. The van der Waals surface area contributed by atoms with Crippen molar-refractivity contribution in [3.63, 3.8) is 0 Å². The van der Waals surface area contributed by atoms with Crippen molar-refractivity contribution in [1.29, 1.82) is 0 Å². The molecule has 0 spiro atoms. The van der Waals surface area contributed by atoms with Crippen LogP contribution in [-0.4, -0.2) is 29.0 Å². The lowest BCUT2D eigenvalue weighted by atomic mass is 9.94. The van der Waals surface area contributed by atoms with Crippen molar-refractivity contribution in [3.8, 4) is 0 Å². The molecular formula is C16H18N2. The number of hydrogen-bond acceptors (Lipinski definition) is 1. The summed E-state index contributed by atoms with van der Waals surface area (Å²) in [4.78, 5) is 5.93. The monoisotopic (exact) mass is 238 g/mol. The summed E-state index contributed by atoms with van der Waals surface area (Å²) in [6, 6.07) is 9.72. The number of hydrogen-bond donors (Lipinski definition) is 1. The second kappa shape index (κ2) is 3.99. The van der Waals surface area contributed by atoms with Crippen LogP contribution in [0.25, 0.3) is 16.5 Å². The lowest BCUT2D eigenvalue weighted by Crippen LogP contribution is -2.32. The molecule has 92 valence electrons. The zero-order chi connectivity index (χ0) is 11.9. The summed E-state index contributed by atoms with van der Waals surface area (Å²) in [5.74, 6) is 0. The Balaban J connectivity index is 1.69. The van der Waals surface area contributed by atoms with Crippen LogP contribution in [0.4, 0.5) is 0 Å². The van der Waals surface area contributed by atoms with Crippen LogP contribution in [0.5, 0.6) is 0 Å². The first-order chi connectivity index (χ1) is 8.90. The van der Waals surface area contributed by atoms with E-state index in [9.17, 15) is 0 Å². The Morgan fingerprint density at radius 3 is 3.22 bits per heavy atom. The van der Waals surface area contributed by atoms with Crippen LogP contribution in [-0.2, 0) is 0 Å². The van der Waals surface area contributed by atoms with Crippen molar-refractivity contribution in [2.75, 3.05) is 13.1 Å². The Hall–Kier alpha value is -1.54. The predicted octanol–water partition coefficient (Wildman–Crippen LogP) is 3.42. The summed E-state index contributed by atoms with van der Waals surface area (Å²) in [5.41, 5.74) is 4.19. The van der Waals surface area contributed by atoms with E-state index < -0.39 is 0 Å². The molecule has 2 nitrogen and oxygen atoms in total. The van der Waals surface area contributed by atoms with Gasteiger partial charge in [0.2, 0.25) is 0 Å². The van der Waals surface area contributed by atoms with E-state index in [1.807, 2.05) is 6.20 Å². The van der Waals surface area contributed by atoms with Gasteiger partial charge in [-0.3, -0.25) is 4.90 Å². The summed E-state index contributed by atoms with van der Waals surface area (Å²) in [6.07, 6.45) is 8.42. The Labute approximate surface area is 107 Å². The Morgan fingerprint density at radius 2 is 2.22 bits per heavy atom. The number of rotatable bonds is 1. The molecule has 1 saturated heterocycles. The highest BCUT2D eigenvalue weighted by molar-refractivity contribution is 5.84. The van der Waals surface area contributed by atoms with Gasteiger partial charge in [0.1, 0.15) is 0 Å². The van der Waals surface area contributed by atoms with E-state index in [0.717, 1.165) is 12.6 Å². The molecule has 0 radical (unpaired) electrons. The van der Waals surface area contributed by atoms with Crippen LogP contribution in [0, 0.1) is 0 Å². The number of aromatic nitrogens is 1. The highest BCUT2D eigenvalue weighted by Gasteiger charge is 2.27. The van der Waals surface area contributed by atoms with Crippen LogP contribution >= 0.6 is 0 Å². The minimum Gasteiger partial charge on any atom is -0.361 e. The molecule has 0 amide bonds. The molecule has 0 aliphatic carbocycles. The van der Waals surface area contributed by atoms with Crippen LogP contribution < -0.4 is 0 Å². The van der Waals surface area contributed by atoms with Crippen molar-refractivity contribution in [3.05, 3.63) is 42.1 Å². The first-order valence-corrected chi connectivity index (χ1v) is 6.91. The van der Waals surface area contributed by atoms with Crippen LogP contribution in [0.15, 0.2) is 36.5 Å². The fourth-order valence-corrected chi connectivity index (χ4v) is 3.41. The van der Waals surface area contributed by atoms with E-state index in [0.29, 0.717) is 0 Å². The molecule has 1 atom stereocenters. The maximum atomic E-state index is 3.31. The van der Waals surface area contributed by atoms with Gasteiger partial charge in [-0.2, -0.15) is 0 Å². The molecule has 2 aliphatic rings. The Bertz CT molecular complexity index is 608. The molecule has 18 heavy (non-hydrogen) atoms. The normalized spacial score (nSPS) is 24.2. The van der Waals surface area contributed by atoms with Gasteiger partial charge >= 0.3 is 0 Å². The largest absolute Gasteiger partial charge is 0.361 e. The molecule has 4 rings (SSSR count). The highest BCUT2D eigenvalue weighted by atomic mass is 15.2. The summed E-state index contributed by atoms with van der Waals surface area (Å²) in [7, 11) is 0. The molecule has 1 aromatic carbocycles. The topological polar surface area (TPSA) is 19.0 Å². The van der Waals surface area contributed by atoms with E-state index in [2.05, 4.69) is 40.2 Å². The Morgan fingerprint density at radius 1 is 1.22 bits per heavy atom. The molecule has 2 aliphatic heterocycles. The Kier molecular flexibility index (Phi) is 2.30. The maximum Gasteiger partial charge on any atom is 0.0460 e. The molecule has 1 fully saturated rings. The second-order valence-electron chi connectivity index (χ2n) is 5.50. The van der Waals surface area contributed by atoms with Gasteiger partial charge in [-0.15, -0.1) is 0 Å². The third kappa shape index (κ3) is 1.60. The van der Waals surface area contributed by atoms with Gasteiger partial charge in [-0.25, -0.2) is 0 Å². The van der Waals surface area contributed by atoms with E-state index in [1.165, 1.54) is 47.8 Å². The van der Waals surface area contributed by atoms with E-state index in [-0.39, 0.29) is 0 Å². The van der Waals surface area contributed by atoms with E-state index >= 15 is 0 Å². The minimum atomic E-state index is 0.796. The van der Waals surface area contributed by atoms with Crippen molar-refractivity contribution >= 4 is 16.5 Å². The lowest BCUT2D eigenvalue weighted by molar-refractivity contribution is 0.275. The summed E-state index contributed by atoms with van der Waals surface area (Å²) >= 11 is 0. The lowest BCUT2D eigenvalue weighted by Gasteiger charge is -2.29. The number of nitrogens with zero attached hydrogens (tertiary/aromatic N) is 1. The van der Waals surface area contributed by atoms with Crippen LogP contribution in [0.2, 0.25) is 0 Å². The average molecular weight is 238 g/mol. The molecule has 2 aromatic rings. The fourth-order valence-electron chi connectivity index (χ4n) is 3.41. The van der Waals surface area contributed by atoms with Crippen molar-refractivity contribution < 1.29 is 0 Å². The third-order valence-electron chi connectivity index (χ3n) is 4.45. The molecular weight excluding hydrogens is 220 g/mol. The molecule has 0 unspecified atom stereocenters. The predicted molar refractivity (Wildman–Crippen MR) is 75.5 cm³/mol. The first-order valence-electron chi connectivity index (χ1n) is 6.91. The highest BCUT2D eigenvalue weighted by Crippen LogP contribution is 2.32. The number of fused-ring (bicyclic) bond motifs is 2. The van der Waals surface area contributed by atoms with Gasteiger partial charge in [-0.1, -0.05) is 18.2 Å². The summed E-state index contributed by atoms with van der Waals surface area (Å²) in [5, 5.41) is 1.30. The number of H-pyrrole nitrogens is 1. The van der Waals surface area contributed by atoms with Gasteiger partial charge < -0.3 is 4.98 Å². The minimum absolute atomic E-state index is 0.796. The van der Waals surface area contributed by atoms with Crippen LogP contribution in [0.1, 0.15) is 24.8 Å². The van der Waals surface area contributed by atoms with Crippen molar-refractivity contribution in [1.82, 2.24) is 9.88 Å².